The van der Waals surface area contributed by atoms with Crippen LogP contribution in [-0.2, 0) is 9.53 Å². The van der Waals surface area contributed by atoms with Crippen molar-refractivity contribution in [2.24, 2.45) is 52.1 Å². The van der Waals surface area contributed by atoms with E-state index in [1.807, 2.05) is 0 Å². The van der Waals surface area contributed by atoms with Crippen molar-refractivity contribution in [1.29, 1.82) is 0 Å². The molecular weight excluding hydrogens is 422 g/mol. The Bertz CT molecular complexity index is 775. The van der Waals surface area contributed by atoms with E-state index in [2.05, 4.69) is 40.7 Å². The van der Waals surface area contributed by atoms with Crippen LogP contribution in [0.1, 0.15) is 106 Å². The van der Waals surface area contributed by atoms with Crippen molar-refractivity contribution in [3.05, 3.63) is 11.6 Å². The first-order chi connectivity index (χ1) is 16.0. The van der Waals surface area contributed by atoms with E-state index in [1.165, 1.54) is 32.1 Å². The molecule has 4 aliphatic rings. The molecule has 0 saturated heterocycles. The summed E-state index contributed by atoms with van der Waals surface area (Å²) in [7, 11) is 0. The van der Waals surface area contributed by atoms with Gasteiger partial charge in [-0.1, -0.05) is 46.3 Å². The van der Waals surface area contributed by atoms with Gasteiger partial charge in [0.2, 0.25) is 0 Å². The van der Waals surface area contributed by atoms with Crippen LogP contribution in [0.15, 0.2) is 11.6 Å². The summed E-state index contributed by atoms with van der Waals surface area (Å²) >= 11 is 0. The highest BCUT2D eigenvalue weighted by atomic mass is 16.5. The second kappa shape index (κ2) is 9.88. The zero-order valence-corrected chi connectivity index (χ0v) is 22.7. The van der Waals surface area contributed by atoms with Crippen LogP contribution in [0.5, 0.6) is 0 Å². The summed E-state index contributed by atoms with van der Waals surface area (Å²) in [4.78, 5) is 12.1. The lowest BCUT2D eigenvalue weighted by atomic mass is 9.47. The van der Waals surface area contributed by atoms with Crippen LogP contribution in [-0.4, -0.2) is 29.3 Å². The van der Waals surface area contributed by atoms with Crippen molar-refractivity contribution in [3.8, 4) is 0 Å². The minimum atomic E-state index is -0.541. The van der Waals surface area contributed by atoms with Gasteiger partial charge in [-0.2, -0.15) is 0 Å². The summed E-state index contributed by atoms with van der Waals surface area (Å²) in [6.07, 6.45) is 14.1. The van der Waals surface area contributed by atoms with Gasteiger partial charge in [0.25, 0.3) is 0 Å². The molecule has 3 N–H and O–H groups in total. The number of fused-ring (bicyclic) bond motifs is 5. The number of carbonyl (C=O) groups is 1. The first-order valence-corrected chi connectivity index (χ1v) is 14.3. The number of allylic oxidation sites excluding steroid dienone is 1. The van der Waals surface area contributed by atoms with Crippen molar-refractivity contribution >= 4 is 5.97 Å². The van der Waals surface area contributed by atoms with Crippen molar-refractivity contribution in [2.45, 2.75) is 124 Å². The molecule has 0 aromatic carbocycles. The fourth-order valence-electron chi connectivity index (χ4n) is 8.94. The van der Waals surface area contributed by atoms with Gasteiger partial charge in [-0.15, -0.1) is 0 Å². The van der Waals surface area contributed by atoms with E-state index in [4.69, 9.17) is 10.5 Å². The third-order valence-corrected chi connectivity index (χ3v) is 11.2. The fraction of sp³-hybridized carbons (Fsp3) is 0.900. The summed E-state index contributed by atoms with van der Waals surface area (Å²) in [5, 5.41) is 10.4. The molecule has 4 nitrogen and oxygen atoms in total. The lowest BCUT2D eigenvalue weighted by Crippen LogP contribution is -2.51. The molecule has 0 bridgehead atoms. The van der Waals surface area contributed by atoms with Crippen LogP contribution in [0.2, 0.25) is 0 Å². The topological polar surface area (TPSA) is 72.5 Å². The normalized spacial score (nSPS) is 42.1. The number of aliphatic hydroxyl groups is 1. The minimum absolute atomic E-state index is 0.00105. The van der Waals surface area contributed by atoms with E-state index in [1.54, 1.807) is 12.5 Å². The number of hydrogen-bond donors (Lipinski definition) is 2. The fourth-order valence-corrected chi connectivity index (χ4v) is 8.94. The molecule has 0 radical (unpaired) electrons. The minimum Gasteiger partial charge on any atom is -0.461 e. The van der Waals surface area contributed by atoms with Crippen LogP contribution < -0.4 is 5.73 Å². The third-order valence-electron chi connectivity index (χ3n) is 11.2. The van der Waals surface area contributed by atoms with E-state index < -0.39 is 6.04 Å². The van der Waals surface area contributed by atoms with Crippen LogP contribution in [0, 0.1) is 46.3 Å². The maximum absolute atomic E-state index is 12.1. The van der Waals surface area contributed by atoms with Gasteiger partial charge in [0.05, 0.1) is 6.10 Å². The number of hydrogen-bond acceptors (Lipinski definition) is 4. The number of rotatable bonds is 7. The number of aliphatic hydroxyl groups excluding tert-OH is 1. The molecule has 0 aromatic rings. The average molecular weight is 474 g/mol. The molecule has 34 heavy (non-hydrogen) atoms. The SMILES string of the molecule is CC(C)C(O)CC[C@@H](C)[C@H]1CC[C@H]2[C@@H]3CC=C4C[C@@H](OC(=O)[C@H](C)N)CC[C@]4(C)[C@H]3CC[C@]12C. The first-order valence-electron chi connectivity index (χ1n) is 14.3. The second-order valence-corrected chi connectivity index (χ2v) is 13.4. The number of esters is 1. The Balaban J connectivity index is 1.44. The van der Waals surface area contributed by atoms with Gasteiger partial charge in [-0.25, -0.2) is 0 Å². The molecule has 194 valence electrons. The molecule has 4 heteroatoms. The molecule has 0 heterocycles. The first kappa shape index (κ1) is 26.2. The molecule has 3 saturated carbocycles. The highest BCUT2D eigenvalue weighted by Gasteiger charge is 2.59. The Kier molecular flexibility index (Phi) is 7.62. The summed E-state index contributed by atoms with van der Waals surface area (Å²) in [6, 6.07) is -0.541. The standard InChI is InChI=1S/C30H51NO3/c1-18(2)27(32)12-7-19(3)24-10-11-25-23-9-8-21-17-22(34-28(33)20(4)31)13-15-29(21,5)26(23)14-16-30(24,25)6/h8,18-20,22-27,32H,7,9-17,31H2,1-6H3/t19-,20+,22+,23+,24-,25+,26+,27?,29+,30-/m1/s1. The van der Waals surface area contributed by atoms with E-state index >= 15 is 0 Å². The Morgan fingerprint density at radius 3 is 2.50 bits per heavy atom. The Morgan fingerprint density at radius 2 is 1.82 bits per heavy atom. The lowest BCUT2D eigenvalue weighted by molar-refractivity contribution is -0.152. The molecule has 10 atom stereocenters. The van der Waals surface area contributed by atoms with Crippen LogP contribution in [0.25, 0.3) is 0 Å². The summed E-state index contributed by atoms with van der Waals surface area (Å²) in [5.74, 6) is 3.99. The molecule has 0 spiro atoms. The third kappa shape index (κ3) is 4.63. The van der Waals surface area contributed by atoms with Crippen molar-refractivity contribution in [3.63, 3.8) is 0 Å². The zero-order valence-electron chi connectivity index (χ0n) is 22.7. The second-order valence-electron chi connectivity index (χ2n) is 13.4. The maximum atomic E-state index is 12.1. The largest absolute Gasteiger partial charge is 0.461 e. The Hall–Kier alpha value is -0.870. The predicted molar refractivity (Wildman–Crippen MR) is 138 cm³/mol. The van der Waals surface area contributed by atoms with Crippen LogP contribution in [0.4, 0.5) is 0 Å². The number of carbonyl (C=O) groups excluding carboxylic acids is 1. The van der Waals surface area contributed by atoms with Gasteiger partial charge >= 0.3 is 5.97 Å². The van der Waals surface area contributed by atoms with Crippen LogP contribution >= 0.6 is 0 Å². The number of ether oxygens (including phenoxy) is 1. The van der Waals surface area contributed by atoms with Crippen molar-refractivity contribution in [2.75, 3.05) is 0 Å². The van der Waals surface area contributed by atoms with Gasteiger partial charge in [-0.3, -0.25) is 4.79 Å². The molecule has 0 aromatic heterocycles. The van der Waals surface area contributed by atoms with E-state index in [0.29, 0.717) is 17.3 Å². The van der Waals surface area contributed by atoms with Crippen molar-refractivity contribution < 1.29 is 14.6 Å². The van der Waals surface area contributed by atoms with Crippen LogP contribution in [0.3, 0.4) is 0 Å². The summed E-state index contributed by atoms with van der Waals surface area (Å²) < 4.78 is 5.74. The predicted octanol–water partition coefficient (Wildman–Crippen LogP) is 6.26. The van der Waals surface area contributed by atoms with Gasteiger partial charge < -0.3 is 15.6 Å². The molecule has 0 aliphatic heterocycles. The average Bonchev–Trinajstić information content (AvgIpc) is 3.14. The smallest absolute Gasteiger partial charge is 0.322 e. The molecule has 0 amide bonds. The lowest BCUT2D eigenvalue weighted by Gasteiger charge is -2.58. The van der Waals surface area contributed by atoms with E-state index in [-0.39, 0.29) is 23.6 Å². The highest BCUT2D eigenvalue weighted by molar-refractivity contribution is 5.75. The maximum Gasteiger partial charge on any atom is 0.322 e. The zero-order chi connectivity index (χ0) is 24.8. The van der Waals surface area contributed by atoms with Crippen molar-refractivity contribution in [1.82, 2.24) is 0 Å². The number of nitrogens with two attached hydrogens (primary N) is 1. The van der Waals surface area contributed by atoms with E-state index in [0.717, 1.165) is 55.8 Å². The van der Waals surface area contributed by atoms with Gasteiger partial charge in [0, 0.05) is 6.42 Å². The van der Waals surface area contributed by atoms with Gasteiger partial charge in [-0.05, 0) is 111 Å². The molecule has 4 aliphatic carbocycles. The molecule has 3 fully saturated rings. The highest BCUT2D eigenvalue weighted by Crippen LogP contribution is 2.67. The monoisotopic (exact) mass is 473 g/mol. The Morgan fingerprint density at radius 1 is 1.09 bits per heavy atom. The quantitative estimate of drug-likeness (QED) is 0.338. The summed E-state index contributed by atoms with van der Waals surface area (Å²) in [6.45, 7) is 13.6. The molecule has 4 rings (SSSR count). The summed E-state index contributed by atoms with van der Waals surface area (Å²) in [5.41, 5.74) is 8.01. The van der Waals surface area contributed by atoms with Gasteiger partial charge in [0.15, 0.2) is 0 Å². The Labute approximate surface area is 208 Å². The van der Waals surface area contributed by atoms with Gasteiger partial charge in [0.1, 0.15) is 12.1 Å². The van der Waals surface area contributed by atoms with E-state index in [9.17, 15) is 9.90 Å². The molecular formula is C30H51NO3. The molecule has 1 unspecified atom stereocenters.